The second kappa shape index (κ2) is 5.90. The summed E-state index contributed by atoms with van der Waals surface area (Å²) in [6, 6.07) is 0.823. The number of piperidine rings is 2. The Labute approximate surface area is 150 Å². The minimum absolute atomic E-state index is 0.368. The molecule has 0 aromatic rings. The third kappa shape index (κ3) is 2.39. The van der Waals surface area contributed by atoms with E-state index < -0.39 is 0 Å². The highest BCUT2D eigenvalue weighted by Gasteiger charge is 2.57. The molecule has 11 atom stereocenters. The van der Waals surface area contributed by atoms with Crippen molar-refractivity contribution < 1.29 is 23.8 Å². The molecule has 0 radical (unpaired) electrons. The maximum absolute atomic E-state index is 5.92. The van der Waals surface area contributed by atoms with Crippen LogP contribution < -0.4 is 4.90 Å². The van der Waals surface area contributed by atoms with E-state index in [9.17, 15) is 0 Å². The monoisotopic (exact) mass is 350 g/mol. The Kier molecular flexibility index (Phi) is 3.73. The van der Waals surface area contributed by atoms with Crippen LogP contribution in [0.5, 0.6) is 0 Å². The van der Waals surface area contributed by atoms with Gasteiger partial charge in [-0.25, -0.2) is 0 Å². The van der Waals surface area contributed by atoms with Gasteiger partial charge in [-0.1, -0.05) is 6.92 Å². The lowest BCUT2D eigenvalue weighted by Crippen LogP contribution is -3.20. The van der Waals surface area contributed by atoms with Crippen LogP contribution in [0.3, 0.4) is 0 Å². The summed E-state index contributed by atoms with van der Waals surface area (Å²) in [5, 5.41) is 0. The fourth-order valence-corrected chi connectivity index (χ4v) is 7.70. The molecule has 2 saturated carbocycles. The largest absolute Gasteiger partial charge is 0.349 e. The molecular weight excluding hydrogens is 318 g/mol. The van der Waals surface area contributed by atoms with E-state index in [1.165, 1.54) is 45.2 Å². The fourth-order valence-electron chi connectivity index (χ4n) is 7.70. The number of hydrogen-bond acceptors (Lipinski definition) is 4. The van der Waals surface area contributed by atoms with E-state index in [4.69, 9.17) is 18.9 Å². The number of rotatable bonds is 0. The summed E-state index contributed by atoms with van der Waals surface area (Å²) in [6.45, 7) is 6.33. The van der Waals surface area contributed by atoms with Gasteiger partial charge in [0.15, 0.2) is 0 Å². The normalized spacial score (nSPS) is 60.1. The molecule has 4 saturated heterocycles. The molecule has 6 aliphatic rings. The van der Waals surface area contributed by atoms with Crippen molar-refractivity contribution in [1.29, 1.82) is 0 Å². The van der Waals surface area contributed by atoms with Crippen molar-refractivity contribution in [3.63, 3.8) is 0 Å². The topological polar surface area (TPSA) is 41.4 Å². The SMILES string of the molecule is CC1C2CC3OCOC3CC2C[NH+]2CCC3CC4OCOC4CC3C12. The Morgan fingerprint density at radius 2 is 1.32 bits per heavy atom. The highest BCUT2D eigenvalue weighted by Crippen LogP contribution is 2.47. The highest BCUT2D eigenvalue weighted by atomic mass is 16.7. The zero-order chi connectivity index (χ0) is 16.5. The molecule has 11 unspecified atom stereocenters. The summed E-state index contributed by atoms with van der Waals surface area (Å²) < 4.78 is 23.5. The van der Waals surface area contributed by atoms with Crippen molar-refractivity contribution in [2.24, 2.45) is 29.6 Å². The van der Waals surface area contributed by atoms with E-state index in [0.717, 1.165) is 35.6 Å². The van der Waals surface area contributed by atoms with Gasteiger partial charge in [-0.3, -0.25) is 0 Å². The maximum atomic E-state index is 5.92. The van der Waals surface area contributed by atoms with E-state index in [0.29, 0.717) is 38.0 Å². The lowest BCUT2D eigenvalue weighted by atomic mass is 9.58. The molecule has 140 valence electrons. The van der Waals surface area contributed by atoms with Crippen molar-refractivity contribution in [2.75, 3.05) is 26.7 Å². The van der Waals surface area contributed by atoms with Crippen LogP contribution in [0.4, 0.5) is 0 Å². The summed E-state index contributed by atoms with van der Waals surface area (Å²) in [7, 11) is 0. The predicted octanol–water partition coefficient (Wildman–Crippen LogP) is 0.829. The molecule has 5 nitrogen and oxygen atoms in total. The summed E-state index contributed by atoms with van der Waals surface area (Å²) in [5.41, 5.74) is 0. The maximum Gasteiger partial charge on any atom is 0.147 e. The average Bonchev–Trinajstić information content (AvgIpc) is 3.26. The number of quaternary nitrogens is 1. The number of nitrogens with one attached hydrogen (secondary N) is 1. The van der Waals surface area contributed by atoms with Gasteiger partial charge in [0.2, 0.25) is 0 Å². The number of hydrogen-bond donors (Lipinski definition) is 1. The first kappa shape index (κ1) is 15.8. The Morgan fingerprint density at radius 3 is 2.04 bits per heavy atom. The van der Waals surface area contributed by atoms with Crippen LogP contribution in [0.15, 0.2) is 0 Å². The van der Waals surface area contributed by atoms with Gasteiger partial charge in [0.25, 0.3) is 0 Å². The molecule has 5 heteroatoms. The van der Waals surface area contributed by atoms with Crippen LogP contribution in [0, 0.1) is 29.6 Å². The molecule has 6 fully saturated rings. The van der Waals surface area contributed by atoms with Crippen LogP contribution >= 0.6 is 0 Å². The predicted molar refractivity (Wildman–Crippen MR) is 89.9 cm³/mol. The average molecular weight is 350 g/mol. The highest BCUT2D eigenvalue weighted by molar-refractivity contribution is 5.00. The van der Waals surface area contributed by atoms with Crippen LogP contribution in [0.1, 0.15) is 39.0 Å². The van der Waals surface area contributed by atoms with Crippen LogP contribution in [-0.4, -0.2) is 57.1 Å². The molecule has 0 aromatic heterocycles. The Hall–Kier alpha value is -0.200. The third-order valence-electron chi connectivity index (χ3n) is 8.78. The van der Waals surface area contributed by atoms with Gasteiger partial charge < -0.3 is 23.8 Å². The van der Waals surface area contributed by atoms with Crippen molar-refractivity contribution in [3.05, 3.63) is 0 Å². The molecule has 1 N–H and O–H groups in total. The minimum atomic E-state index is 0.368. The zero-order valence-corrected chi connectivity index (χ0v) is 15.3. The molecule has 0 amide bonds. The van der Waals surface area contributed by atoms with Gasteiger partial charge in [-0.05, 0) is 43.9 Å². The summed E-state index contributed by atoms with van der Waals surface area (Å²) in [4.78, 5) is 1.89. The molecule has 4 aliphatic heterocycles. The lowest BCUT2D eigenvalue weighted by Gasteiger charge is -2.56. The van der Waals surface area contributed by atoms with E-state index in [1.807, 2.05) is 4.90 Å². The van der Waals surface area contributed by atoms with E-state index in [-0.39, 0.29) is 0 Å². The van der Waals surface area contributed by atoms with E-state index in [1.54, 1.807) is 0 Å². The number of ether oxygens (including phenoxy) is 4. The Bertz CT molecular complexity index is 530. The van der Waals surface area contributed by atoms with E-state index in [2.05, 4.69) is 6.92 Å². The summed E-state index contributed by atoms with van der Waals surface area (Å²) in [5.74, 6) is 4.15. The Morgan fingerprint density at radius 1 is 0.720 bits per heavy atom. The van der Waals surface area contributed by atoms with Gasteiger partial charge in [0.1, 0.15) is 13.6 Å². The van der Waals surface area contributed by atoms with Crippen LogP contribution in [0.25, 0.3) is 0 Å². The second-order valence-electron chi connectivity index (χ2n) is 9.63. The first-order valence-corrected chi connectivity index (χ1v) is 10.6. The van der Waals surface area contributed by atoms with Crippen molar-refractivity contribution in [2.45, 2.75) is 69.5 Å². The summed E-state index contributed by atoms with van der Waals surface area (Å²) in [6.07, 6.45) is 7.81. The smallest absolute Gasteiger partial charge is 0.147 e. The first-order valence-electron chi connectivity index (χ1n) is 10.6. The number of fused-ring (bicyclic) bond motifs is 6. The standard InChI is InChI=1S/C20H31NO4/c1-11-14-6-18-17(23-10-24-18)5-13(14)8-21-3-2-12-4-16-19(25-9-22-16)7-15(12)20(11)21/h11-20H,2-10H2,1H3/p+1. The fraction of sp³-hybridized carbons (Fsp3) is 1.00. The molecule has 6 rings (SSSR count). The van der Waals surface area contributed by atoms with Gasteiger partial charge in [0, 0.05) is 17.8 Å². The molecule has 0 aromatic carbocycles. The molecule has 2 aliphatic carbocycles. The van der Waals surface area contributed by atoms with Gasteiger partial charge in [-0.15, -0.1) is 0 Å². The van der Waals surface area contributed by atoms with Crippen molar-refractivity contribution in [1.82, 2.24) is 0 Å². The van der Waals surface area contributed by atoms with Gasteiger partial charge in [0.05, 0.1) is 43.5 Å². The van der Waals surface area contributed by atoms with Crippen LogP contribution in [0.2, 0.25) is 0 Å². The molecule has 4 heterocycles. The zero-order valence-electron chi connectivity index (χ0n) is 15.3. The lowest BCUT2D eigenvalue weighted by molar-refractivity contribution is -0.952. The Balaban J connectivity index is 1.25. The molecular formula is C20H32NO4+. The molecule has 0 spiro atoms. The second-order valence-corrected chi connectivity index (χ2v) is 9.63. The van der Waals surface area contributed by atoms with Gasteiger partial charge >= 0.3 is 0 Å². The minimum Gasteiger partial charge on any atom is -0.349 e. The van der Waals surface area contributed by atoms with Crippen LogP contribution in [-0.2, 0) is 18.9 Å². The van der Waals surface area contributed by atoms with Crippen molar-refractivity contribution >= 4 is 0 Å². The third-order valence-corrected chi connectivity index (χ3v) is 8.78. The van der Waals surface area contributed by atoms with E-state index >= 15 is 0 Å². The molecule has 0 bridgehead atoms. The van der Waals surface area contributed by atoms with Crippen molar-refractivity contribution in [3.8, 4) is 0 Å². The summed E-state index contributed by atoms with van der Waals surface area (Å²) >= 11 is 0. The van der Waals surface area contributed by atoms with Gasteiger partial charge in [-0.2, -0.15) is 0 Å². The first-order chi connectivity index (χ1) is 12.3. The molecule has 25 heavy (non-hydrogen) atoms. The quantitative estimate of drug-likeness (QED) is 0.703.